The lowest BCUT2D eigenvalue weighted by Gasteiger charge is -2.18. The quantitative estimate of drug-likeness (QED) is 0.248. The molecule has 6 heteroatoms. The summed E-state index contributed by atoms with van der Waals surface area (Å²) in [5, 5.41) is 0.676. The van der Waals surface area contributed by atoms with Crippen molar-refractivity contribution < 1.29 is 19.0 Å². The molecule has 5 nitrogen and oxygen atoms in total. The summed E-state index contributed by atoms with van der Waals surface area (Å²) in [6.07, 6.45) is 4.72. The lowest BCUT2D eigenvalue weighted by atomic mass is 9.98. The first kappa shape index (κ1) is 21.3. The van der Waals surface area contributed by atoms with Crippen molar-refractivity contribution in [1.82, 2.24) is 4.57 Å². The van der Waals surface area contributed by atoms with Gasteiger partial charge < -0.3 is 9.30 Å². The van der Waals surface area contributed by atoms with Gasteiger partial charge in [-0.05, 0) is 67.1 Å². The fraction of sp³-hybridized carbons (Fsp3) is 0.280. The predicted octanol–water partition coefficient (Wildman–Crippen LogP) is 5.10. The first-order chi connectivity index (χ1) is 14.9. The van der Waals surface area contributed by atoms with Crippen LogP contribution in [0.5, 0.6) is 0 Å². The number of quaternary nitrogens is 1. The van der Waals surface area contributed by atoms with Crippen LogP contribution in [0.25, 0.3) is 16.9 Å². The van der Waals surface area contributed by atoms with Gasteiger partial charge in [0.25, 0.3) is 0 Å². The highest BCUT2D eigenvalue weighted by molar-refractivity contribution is 7.80. The molecule has 1 aliphatic heterocycles. The van der Waals surface area contributed by atoms with E-state index < -0.39 is 0 Å². The van der Waals surface area contributed by atoms with Crippen LogP contribution in [0.15, 0.2) is 60.7 Å². The van der Waals surface area contributed by atoms with Crippen LogP contribution in [-0.2, 0) is 22.4 Å². The van der Waals surface area contributed by atoms with Crippen molar-refractivity contribution in [1.29, 1.82) is 0 Å². The molecule has 0 amide bonds. The SMILES string of the molecule is COC(=O)c1ccc(-n2c(-c3ccccc3)cc3c2CCCC3)cc1.C[N+]1(C)OC1=S. The van der Waals surface area contributed by atoms with E-state index in [0.717, 1.165) is 18.5 Å². The summed E-state index contributed by atoms with van der Waals surface area (Å²) in [7, 11) is 5.19. The molecule has 31 heavy (non-hydrogen) atoms. The molecule has 0 N–H and O–H groups in total. The molecule has 1 aliphatic carbocycles. The van der Waals surface area contributed by atoms with Gasteiger partial charge >= 0.3 is 11.1 Å². The topological polar surface area (TPSA) is 43.8 Å². The number of rotatable bonds is 3. The molecule has 2 heterocycles. The van der Waals surface area contributed by atoms with Gasteiger partial charge in [0.05, 0.1) is 18.4 Å². The van der Waals surface area contributed by atoms with Crippen molar-refractivity contribution in [2.75, 3.05) is 21.2 Å². The highest BCUT2D eigenvalue weighted by atomic mass is 32.1. The van der Waals surface area contributed by atoms with Gasteiger partial charge in [-0.3, -0.25) is 0 Å². The van der Waals surface area contributed by atoms with Gasteiger partial charge in [-0.15, -0.1) is 0 Å². The molecule has 2 aromatic carbocycles. The Morgan fingerprint density at radius 1 is 1.03 bits per heavy atom. The van der Waals surface area contributed by atoms with Crippen LogP contribution in [0.3, 0.4) is 0 Å². The predicted molar refractivity (Wildman–Crippen MR) is 125 cm³/mol. The van der Waals surface area contributed by atoms with Crippen LogP contribution in [-0.4, -0.2) is 41.6 Å². The maximum absolute atomic E-state index is 11.7. The number of ether oxygens (including phenoxy) is 1. The normalized spacial score (nSPS) is 15.8. The Morgan fingerprint density at radius 2 is 1.65 bits per heavy atom. The lowest BCUT2D eigenvalue weighted by Crippen LogP contribution is -2.10. The van der Waals surface area contributed by atoms with Crippen LogP contribution in [0.2, 0.25) is 0 Å². The number of aryl methyl sites for hydroxylation is 1. The van der Waals surface area contributed by atoms with Gasteiger partial charge in [-0.1, -0.05) is 35.0 Å². The Hall–Kier alpha value is -2.96. The van der Waals surface area contributed by atoms with E-state index in [-0.39, 0.29) is 5.97 Å². The molecule has 0 atom stereocenters. The second kappa shape index (κ2) is 8.65. The number of methoxy groups -OCH3 is 1. The van der Waals surface area contributed by atoms with Crippen molar-refractivity contribution in [2.24, 2.45) is 0 Å². The number of nitrogens with zero attached hydrogens (tertiary/aromatic N) is 2. The van der Waals surface area contributed by atoms with Gasteiger partial charge in [0.2, 0.25) is 0 Å². The maximum atomic E-state index is 11.7. The average molecular weight is 436 g/mol. The summed E-state index contributed by atoms with van der Waals surface area (Å²) < 4.78 is 7.62. The number of carbonyl (C=O) groups is 1. The van der Waals surface area contributed by atoms with Crippen LogP contribution in [0, 0.1) is 0 Å². The molecule has 1 saturated heterocycles. The van der Waals surface area contributed by atoms with E-state index in [1.165, 1.54) is 42.5 Å². The van der Waals surface area contributed by atoms with Gasteiger partial charge in [-0.2, -0.15) is 0 Å². The molecular weight excluding hydrogens is 408 g/mol. The Kier molecular flexibility index (Phi) is 5.94. The Balaban J connectivity index is 0.000000334. The number of hydroxylamine groups is 3. The minimum atomic E-state index is -0.302. The number of esters is 1. The van der Waals surface area contributed by atoms with E-state index in [4.69, 9.17) is 9.57 Å². The molecule has 160 valence electrons. The molecule has 1 aromatic heterocycles. The van der Waals surface area contributed by atoms with Gasteiger partial charge in [-0.25, -0.2) is 9.63 Å². The third-order valence-electron chi connectivity index (χ3n) is 5.63. The van der Waals surface area contributed by atoms with Gasteiger partial charge in [0.15, 0.2) is 0 Å². The molecule has 0 spiro atoms. The largest absolute Gasteiger partial charge is 0.465 e. The third-order valence-corrected chi connectivity index (χ3v) is 6.15. The zero-order valence-corrected chi connectivity index (χ0v) is 18.9. The van der Waals surface area contributed by atoms with Crippen LogP contribution >= 0.6 is 12.2 Å². The second-order valence-corrected chi connectivity index (χ2v) is 8.51. The monoisotopic (exact) mass is 435 g/mol. The molecule has 0 bridgehead atoms. The van der Waals surface area contributed by atoms with E-state index in [0.29, 0.717) is 15.4 Å². The van der Waals surface area contributed by atoms with E-state index in [9.17, 15) is 4.79 Å². The van der Waals surface area contributed by atoms with E-state index >= 15 is 0 Å². The average Bonchev–Trinajstić information content (AvgIpc) is 3.19. The van der Waals surface area contributed by atoms with Crippen molar-refractivity contribution >= 4 is 23.4 Å². The molecule has 0 unspecified atom stereocenters. The minimum absolute atomic E-state index is 0.302. The summed E-state index contributed by atoms with van der Waals surface area (Å²) >= 11 is 4.63. The molecule has 3 aromatic rings. The molecule has 1 fully saturated rings. The molecule has 5 rings (SSSR count). The summed E-state index contributed by atoms with van der Waals surface area (Å²) in [6.45, 7) is 0. The zero-order valence-electron chi connectivity index (χ0n) is 18.1. The fourth-order valence-corrected chi connectivity index (χ4v) is 4.04. The Morgan fingerprint density at radius 3 is 2.23 bits per heavy atom. The van der Waals surface area contributed by atoms with Gasteiger partial charge in [0, 0.05) is 23.6 Å². The van der Waals surface area contributed by atoms with Crippen molar-refractivity contribution in [3.8, 4) is 16.9 Å². The zero-order chi connectivity index (χ0) is 22.0. The van der Waals surface area contributed by atoms with Crippen LogP contribution < -0.4 is 0 Å². The van der Waals surface area contributed by atoms with Crippen molar-refractivity contribution in [3.63, 3.8) is 0 Å². The van der Waals surface area contributed by atoms with Gasteiger partial charge in [0.1, 0.15) is 14.1 Å². The molecule has 0 saturated carbocycles. The number of fused-ring (bicyclic) bond motifs is 1. The van der Waals surface area contributed by atoms with E-state index in [1.54, 1.807) is 0 Å². The number of hydrogen-bond donors (Lipinski definition) is 0. The standard InChI is InChI=1S/C22H21NO2.C3H6NOS/c1-25-22(24)17-11-13-19(14-12-17)23-20-10-6-5-9-18(20)15-21(23)16-7-3-2-4-8-16;1-4(2)3(6)5-4/h2-4,7-8,11-15H,5-6,9-10H2,1H3;1-2H3/q;+1. The summed E-state index contributed by atoms with van der Waals surface area (Å²) in [5.41, 5.74) is 6.95. The lowest BCUT2D eigenvalue weighted by molar-refractivity contribution is -0.854. The van der Waals surface area contributed by atoms with Crippen LogP contribution in [0.1, 0.15) is 34.5 Å². The summed E-state index contributed by atoms with van der Waals surface area (Å²) in [4.78, 5) is 16.5. The number of carbonyl (C=O) groups excluding carboxylic acids is 1. The third kappa shape index (κ3) is 4.55. The highest BCUT2D eigenvalue weighted by Gasteiger charge is 2.47. The van der Waals surface area contributed by atoms with E-state index in [1.807, 2.05) is 44.4 Å². The number of hydrogen-bond acceptors (Lipinski definition) is 4. The first-order valence-electron chi connectivity index (χ1n) is 10.5. The number of thiocarbonyl (C=S) groups is 1. The second-order valence-electron chi connectivity index (χ2n) is 8.16. The maximum Gasteiger partial charge on any atom is 0.457 e. The Bertz CT molecular complexity index is 1100. The molecule has 2 aliphatic rings. The molecule has 0 radical (unpaired) electrons. The highest BCUT2D eigenvalue weighted by Crippen LogP contribution is 2.33. The van der Waals surface area contributed by atoms with Crippen molar-refractivity contribution in [2.45, 2.75) is 25.7 Å². The summed E-state index contributed by atoms with van der Waals surface area (Å²) in [5.74, 6) is -0.302. The minimum Gasteiger partial charge on any atom is -0.465 e. The molecular formula is C25H27N2O3S+. The Labute approximate surface area is 188 Å². The number of aromatic nitrogens is 1. The van der Waals surface area contributed by atoms with E-state index in [2.05, 4.69) is 47.1 Å². The fourth-order valence-electron chi connectivity index (χ4n) is 3.85. The number of benzene rings is 2. The summed E-state index contributed by atoms with van der Waals surface area (Å²) in [6, 6.07) is 20.5. The first-order valence-corrected chi connectivity index (χ1v) is 10.9. The van der Waals surface area contributed by atoms with Crippen molar-refractivity contribution in [3.05, 3.63) is 77.5 Å². The van der Waals surface area contributed by atoms with Crippen LogP contribution in [0.4, 0.5) is 0 Å². The smallest absolute Gasteiger partial charge is 0.457 e.